The summed E-state index contributed by atoms with van der Waals surface area (Å²) in [5.41, 5.74) is 2.31. The summed E-state index contributed by atoms with van der Waals surface area (Å²) in [5.74, 6) is 0. The van der Waals surface area contributed by atoms with Crippen LogP contribution in [-0.4, -0.2) is 9.55 Å². The Bertz CT molecular complexity index is 885. The van der Waals surface area contributed by atoms with Crippen molar-refractivity contribution in [2.24, 2.45) is 0 Å². The van der Waals surface area contributed by atoms with Gasteiger partial charge in [0.15, 0.2) is 4.77 Å². The lowest BCUT2D eigenvalue weighted by atomic mass is 10.2. The van der Waals surface area contributed by atoms with Crippen molar-refractivity contribution in [3.05, 3.63) is 54.6 Å². The Morgan fingerprint density at radius 2 is 1.80 bits per heavy atom. The number of aromatic nitrogens is 2. The molecule has 1 aromatic heterocycles. The van der Waals surface area contributed by atoms with Gasteiger partial charge in [0.1, 0.15) is 0 Å². The number of imidazole rings is 1. The summed E-state index contributed by atoms with van der Waals surface area (Å²) in [6, 6.07) is 9.22. The van der Waals surface area contributed by atoms with Crippen molar-refractivity contribution in [3.8, 4) is 5.69 Å². The summed E-state index contributed by atoms with van der Waals surface area (Å²) >= 11 is 27.5. The molecule has 3 aromatic rings. The molecule has 0 aliphatic rings. The average molecular weight is 409 g/mol. The number of halogens is 4. The lowest BCUT2D eigenvalue weighted by Gasteiger charge is -2.10. The molecule has 0 saturated heterocycles. The zero-order valence-electron chi connectivity index (χ0n) is 9.75. The molecule has 102 valence electrons. The van der Waals surface area contributed by atoms with Gasteiger partial charge in [-0.1, -0.05) is 40.9 Å². The molecule has 0 atom stereocenters. The molecule has 1 heterocycles. The van der Waals surface area contributed by atoms with Gasteiger partial charge in [0.25, 0.3) is 0 Å². The highest BCUT2D eigenvalue weighted by atomic mass is 79.9. The van der Waals surface area contributed by atoms with Crippen LogP contribution in [0.25, 0.3) is 16.7 Å². The third-order valence-electron chi connectivity index (χ3n) is 2.91. The predicted octanol–water partition coefficient (Wildman–Crippen LogP) is 6.41. The fourth-order valence-electron chi connectivity index (χ4n) is 2.03. The molecule has 0 aliphatic heterocycles. The minimum absolute atomic E-state index is 0.415. The second kappa shape index (κ2) is 5.35. The monoisotopic (exact) mass is 406 g/mol. The van der Waals surface area contributed by atoms with Gasteiger partial charge in [0, 0.05) is 4.47 Å². The quantitative estimate of drug-likeness (QED) is 0.364. The van der Waals surface area contributed by atoms with Gasteiger partial charge in [-0.3, -0.25) is 4.57 Å². The fraction of sp³-hybridized carbons (Fsp3) is 0. The summed E-state index contributed by atoms with van der Waals surface area (Å²) in [7, 11) is 0. The molecular weight excluding hydrogens is 402 g/mol. The lowest BCUT2D eigenvalue weighted by molar-refractivity contribution is 1.06. The van der Waals surface area contributed by atoms with Crippen LogP contribution >= 0.6 is 63.0 Å². The van der Waals surface area contributed by atoms with Gasteiger partial charge in [-0.2, -0.15) is 0 Å². The first-order chi connectivity index (χ1) is 9.50. The number of nitrogens with one attached hydrogen (secondary N) is 1. The number of H-pyrrole nitrogens is 1. The summed E-state index contributed by atoms with van der Waals surface area (Å²) in [4.78, 5) is 3.11. The van der Waals surface area contributed by atoms with Crippen LogP contribution in [-0.2, 0) is 0 Å². The van der Waals surface area contributed by atoms with E-state index in [2.05, 4.69) is 20.9 Å². The van der Waals surface area contributed by atoms with Crippen LogP contribution in [0, 0.1) is 4.77 Å². The van der Waals surface area contributed by atoms with E-state index in [1.807, 2.05) is 24.3 Å². The van der Waals surface area contributed by atoms with Crippen molar-refractivity contribution in [3.63, 3.8) is 0 Å². The number of nitrogens with zero attached hydrogens (tertiary/aromatic N) is 1. The van der Waals surface area contributed by atoms with E-state index < -0.39 is 0 Å². The Labute approximate surface area is 143 Å². The molecule has 0 aliphatic carbocycles. The van der Waals surface area contributed by atoms with Crippen LogP contribution in [0.1, 0.15) is 0 Å². The maximum Gasteiger partial charge on any atom is 0.182 e. The first-order valence-corrected chi connectivity index (χ1v) is 7.87. The summed E-state index contributed by atoms with van der Waals surface area (Å²) in [6.45, 7) is 0. The van der Waals surface area contributed by atoms with E-state index in [1.54, 1.807) is 10.6 Å². The van der Waals surface area contributed by atoms with E-state index in [0.717, 1.165) is 15.5 Å². The van der Waals surface area contributed by atoms with Crippen LogP contribution in [0.3, 0.4) is 0 Å². The molecular formula is C13H6BrCl3N2S. The zero-order valence-corrected chi connectivity index (χ0v) is 14.4. The third kappa shape index (κ3) is 2.20. The van der Waals surface area contributed by atoms with E-state index in [9.17, 15) is 0 Å². The lowest BCUT2D eigenvalue weighted by Crippen LogP contribution is -1.96. The molecule has 20 heavy (non-hydrogen) atoms. The van der Waals surface area contributed by atoms with Crippen LogP contribution in [0.4, 0.5) is 0 Å². The topological polar surface area (TPSA) is 20.7 Å². The average Bonchev–Trinajstić information content (AvgIpc) is 2.74. The molecule has 2 aromatic carbocycles. The van der Waals surface area contributed by atoms with Gasteiger partial charge < -0.3 is 4.98 Å². The molecule has 0 bridgehead atoms. The molecule has 3 rings (SSSR count). The normalized spacial score (nSPS) is 11.2. The third-order valence-corrected chi connectivity index (χ3v) is 5.26. The summed E-state index contributed by atoms with van der Waals surface area (Å²) in [6.07, 6.45) is 0. The maximum absolute atomic E-state index is 6.33. The van der Waals surface area contributed by atoms with Crippen molar-refractivity contribution in [2.75, 3.05) is 0 Å². The van der Waals surface area contributed by atoms with Crippen LogP contribution in [0.2, 0.25) is 15.1 Å². The van der Waals surface area contributed by atoms with E-state index in [-0.39, 0.29) is 0 Å². The largest absolute Gasteiger partial charge is 0.330 e. The first-order valence-electron chi connectivity index (χ1n) is 5.54. The van der Waals surface area contributed by atoms with Crippen molar-refractivity contribution in [1.82, 2.24) is 9.55 Å². The second-order valence-electron chi connectivity index (χ2n) is 4.10. The Balaban J connectivity index is 2.45. The Kier molecular flexibility index (Phi) is 3.86. The zero-order chi connectivity index (χ0) is 14.4. The number of rotatable bonds is 1. The highest BCUT2D eigenvalue weighted by Crippen LogP contribution is 2.37. The van der Waals surface area contributed by atoms with Crippen LogP contribution in [0.5, 0.6) is 0 Å². The molecule has 0 radical (unpaired) electrons. The smallest absolute Gasteiger partial charge is 0.182 e. The standard InChI is InChI=1S/C13H6BrCl3N2S/c14-6-4-5-9(11(17)10(6)16)19-12-7(15)2-1-3-8(12)18-13(19)20/h1-5H,(H,18,20). The van der Waals surface area contributed by atoms with Crippen LogP contribution in [0.15, 0.2) is 34.8 Å². The molecule has 0 unspecified atom stereocenters. The van der Waals surface area contributed by atoms with Gasteiger partial charge in [-0.15, -0.1) is 0 Å². The van der Waals surface area contributed by atoms with Gasteiger partial charge in [-0.25, -0.2) is 0 Å². The molecule has 2 nitrogen and oxygen atoms in total. The predicted molar refractivity (Wildman–Crippen MR) is 91.2 cm³/mol. The number of para-hydroxylation sites is 1. The number of hydrogen-bond acceptors (Lipinski definition) is 1. The van der Waals surface area contributed by atoms with E-state index in [0.29, 0.717) is 25.5 Å². The van der Waals surface area contributed by atoms with Gasteiger partial charge in [-0.05, 0) is 52.4 Å². The molecule has 7 heteroatoms. The molecule has 0 amide bonds. The number of hydrogen-bond donors (Lipinski definition) is 1. The Morgan fingerprint density at radius 3 is 2.55 bits per heavy atom. The number of aromatic amines is 1. The van der Waals surface area contributed by atoms with Gasteiger partial charge in [0.2, 0.25) is 0 Å². The first kappa shape index (κ1) is 14.4. The summed E-state index contributed by atoms with van der Waals surface area (Å²) < 4.78 is 3.02. The Hall–Kier alpha value is -0.520. The van der Waals surface area contributed by atoms with Crippen molar-refractivity contribution >= 4 is 74.0 Å². The van der Waals surface area contributed by atoms with Crippen molar-refractivity contribution in [2.45, 2.75) is 0 Å². The second-order valence-corrected chi connectivity index (χ2v) is 6.50. The molecule has 0 fully saturated rings. The number of benzene rings is 2. The molecule has 1 N–H and O–H groups in total. The minimum Gasteiger partial charge on any atom is -0.330 e. The van der Waals surface area contributed by atoms with Crippen molar-refractivity contribution in [1.29, 1.82) is 0 Å². The van der Waals surface area contributed by atoms with E-state index >= 15 is 0 Å². The van der Waals surface area contributed by atoms with E-state index in [1.165, 1.54) is 0 Å². The highest BCUT2D eigenvalue weighted by Gasteiger charge is 2.15. The van der Waals surface area contributed by atoms with Crippen molar-refractivity contribution < 1.29 is 0 Å². The fourth-order valence-corrected chi connectivity index (χ4v) is 3.45. The number of fused-ring (bicyclic) bond motifs is 1. The minimum atomic E-state index is 0.415. The highest BCUT2D eigenvalue weighted by molar-refractivity contribution is 9.10. The Morgan fingerprint density at radius 1 is 1.05 bits per heavy atom. The maximum atomic E-state index is 6.33. The molecule has 0 spiro atoms. The molecule has 0 saturated carbocycles. The van der Waals surface area contributed by atoms with Crippen LogP contribution < -0.4 is 0 Å². The summed E-state index contributed by atoms with van der Waals surface area (Å²) in [5, 5.41) is 1.44. The van der Waals surface area contributed by atoms with Gasteiger partial charge >= 0.3 is 0 Å². The van der Waals surface area contributed by atoms with Gasteiger partial charge in [0.05, 0.1) is 31.8 Å². The SMILES string of the molecule is S=c1[nH]c2cccc(Cl)c2n1-c1ccc(Br)c(Cl)c1Cl. The van der Waals surface area contributed by atoms with E-state index in [4.69, 9.17) is 47.0 Å².